The molecule has 0 N–H and O–H groups in total. The summed E-state index contributed by atoms with van der Waals surface area (Å²) in [5.41, 5.74) is 6.44. The van der Waals surface area contributed by atoms with Gasteiger partial charge in [0.1, 0.15) is 0 Å². The number of fused-ring (bicyclic) bond motifs is 1. The third kappa shape index (κ3) is 3.58. The Morgan fingerprint density at radius 2 is 1.82 bits per heavy atom. The number of non-ortho nitro benzene ring substituents is 1. The molecule has 1 aliphatic rings. The number of nitro groups is 1. The van der Waals surface area contributed by atoms with Crippen LogP contribution in [0.2, 0.25) is 0 Å². The highest BCUT2D eigenvalue weighted by Gasteiger charge is 2.27. The summed E-state index contributed by atoms with van der Waals surface area (Å²) in [6.45, 7) is 7.07. The van der Waals surface area contributed by atoms with E-state index in [1.54, 1.807) is 12.1 Å². The Morgan fingerprint density at radius 3 is 2.54 bits per heavy atom. The summed E-state index contributed by atoms with van der Waals surface area (Å²) in [6, 6.07) is 18.2. The van der Waals surface area contributed by atoms with Crippen LogP contribution >= 0.6 is 0 Å². The molecule has 1 atom stereocenters. The van der Waals surface area contributed by atoms with Gasteiger partial charge in [-0.2, -0.15) is 0 Å². The predicted molar refractivity (Wildman–Crippen MR) is 110 cm³/mol. The van der Waals surface area contributed by atoms with Crippen LogP contribution in [0.1, 0.15) is 40.4 Å². The minimum Gasteiger partial charge on any atom is -0.350 e. The third-order valence-electron chi connectivity index (χ3n) is 5.73. The Bertz CT molecular complexity index is 991. The average Bonchev–Trinajstić information content (AvgIpc) is 3.06. The molecule has 2 heterocycles. The summed E-state index contributed by atoms with van der Waals surface area (Å²) in [7, 11) is 0. The van der Waals surface area contributed by atoms with Gasteiger partial charge in [-0.25, -0.2) is 0 Å². The lowest BCUT2D eigenvalue weighted by molar-refractivity contribution is -0.384. The quantitative estimate of drug-likeness (QED) is 0.476. The fraction of sp³-hybridized carbons (Fsp3) is 0.304. The van der Waals surface area contributed by atoms with E-state index in [2.05, 4.69) is 59.8 Å². The number of rotatable bonds is 4. The minimum atomic E-state index is -0.347. The van der Waals surface area contributed by atoms with Crippen molar-refractivity contribution in [2.24, 2.45) is 0 Å². The zero-order chi connectivity index (χ0) is 19.7. The molecule has 0 saturated carbocycles. The van der Waals surface area contributed by atoms with E-state index in [1.165, 1.54) is 22.4 Å². The molecule has 0 saturated heterocycles. The van der Waals surface area contributed by atoms with Gasteiger partial charge in [-0.3, -0.25) is 15.0 Å². The van der Waals surface area contributed by atoms with Gasteiger partial charge in [-0.15, -0.1) is 0 Å². The SMILES string of the molecule is Cc1ccc([C@H]2c3cccn3CCCN2Cc2ccc([N+](=O)[O-])cc2)cc1C. The second kappa shape index (κ2) is 7.60. The Kier molecular flexibility index (Phi) is 5.01. The summed E-state index contributed by atoms with van der Waals surface area (Å²) >= 11 is 0. The van der Waals surface area contributed by atoms with Crippen molar-refractivity contribution in [1.82, 2.24) is 9.47 Å². The second-order valence-corrected chi connectivity index (χ2v) is 7.62. The number of benzene rings is 2. The lowest BCUT2D eigenvalue weighted by Crippen LogP contribution is -2.29. The maximum absolute atomic E-state index is 10.9. The van der Waals surface area contributed by atoms with E-state index in [-0.39, 0.29) is 16.7 Å². The number of hydrogen-bond donors (Lipinski definition) is 0. The summed E-state index contributed by atoms with van der Waals surface area (Å²) < 4.78 is 2.36. The first-order valence-electron chi connectivity index (χ1n) is 9.72. The molecule has 5 heteroatoms. The maximum atomic E-state index is 10.9. The van der Waals surface area contributed by atoms with Crippen molar-refractivity contribution in [2.75, 3.05) is 6.54 Å². The molecule has 1 aliphatic heterocycles. The van der Waals surface area contributed by atoms with Gasteiger partial charge >= 0.3 is 0 Å². The van der Waals surface area contributed by atoms with Gasteiger partial charge in [0.15, 0.2) is 0 Å². The van der Waals surface area contributed by atoms with Gasteiger partial charge in [-0.05, 0) is 54.7 Å². The molecule has 0 fully saturated rings. The molecule has 0 amide bonds. The molecule has 144 valence electrons. The van der Waals surface area contributed by atoms with Crippen LogP contribution in [0.3, 0.4) is 0 Å². The normalized spacial score (nSPS) is 17.1. The molecule has 0 spiro atoms. The van der Waals surface area contributed by atoms with E-state index >= 15 is 0 Å². The smallest absolute Gasteiger partial charge is 0.269 e. The average molecular weight is 375 g/mol. The standard InChI is InChI=1S/C23H25N3O2/c1-17-6-9-20(15-18(17)2)23-22-5-3-12-24(22)13-4-14-25(23)16-19-7-10-21(11-8-19)26(27)28/h3,5-12,15,23H,4,13-14,16H2,1-2H3/t23-/m0/s1. The van der Waals surface area contributed by atoms with Crippen LogP contribution in [-0.2, 0) is 13.1 Å². The summed E-state index contributed by atoms with van der Waals surface area (Å²) in [6.07, 6.45) is 3.24. The van der Waals surface area contributed by atoms with Crippen molar-refractivity contribution in [3.63, 3.8) is 0 Å². The minimum absolute atomic E-state index is 0.138. The first-order valence-corrected chi connectivity index (χ1v) is 9.72. The first kappa shape index (κ1) is 18.4. The van der Waals surface area contributed by atoms with Gasteiger partial charge in [-0.1, -0.05) is 30.3 Å². The lowest BCUT2D eigenvalue weighted by Gasteiger charge is -2.31. The van der Waals surface area contributed by atoms with Gasteiger partial charge in [0.2, 0.25) is 0 Å². The highest BCUT2D eigenvalue weighted by molar-refractivity contribution is 5.37. The fourth-order valence-electron chi connectivity index (χ4n) is 4.08. The van der Waals surface area contributed by atoms with Crippen LogP contribution in [0.4, 0.5) is 5.69 Å². The molecular formula is C23H25N3O2. The van der Waals surface area contributed by atoms with Crippen molar-refractivity contribution in [3.05, 3.63) is 98.9 Å². The van der Waals surface area contributed by atoms with E-state index < -0.39 is 0 Å². The molecule has 5 nitrogen and oxygen atoms in total. The molecule has 3 aromatic rings. The lowest BCUT2D eigenvalue weighted by atomic mass is 9.97. The number of aromatic nitrogens is 1. The summed E-state index contributed by atoms with van der Waals surface area (Å²) in [5, 5.41) is 10.9. The van der Waals surface area contributed by atoms with Gasteiger partial charge in [0, 0.05) is 43.7 Å². The monoisotopic (exact) mass is 375 g/mol. The highest BCUT2D eigenvalue weighted by atomic mass is 16.6. The molecule has 4 rings (SSSR count). The molecule has 0 bridgehead atoms. The Balaban J connectivity index is 1.71. The van der Waals surface area contributed by atoms with Crippen LogP contribution < -0.4 is 0 Å². The summed E-state index contributed by atoms with van der Waals surface area (Å²) in [4.78, 5) is 13.1. The fourth-order valence-corrected chi connectivity index (χ4v) is 4.08. The van der Waals surface area contributed by atoms with Crippen LogP contribution in [0.25, 0.3) is 0 Å². The number of aryl methyl sites for hydroxylation is 3. The van der Waals surface area contributed by atoms with E-state index in [1.807, 2.05) is 12.1 Å². The molecule has 0 aliphatic carbocycles. The Morgan fingerprint density at radius 1 is 1.04 bits per heavy atom. The van der Waals surface area contributed by atoms with Crippen molar-refractivity contribution in [3.8, 4) is 0 Å². The van der Waals surface area contributed by atoms with E-state index in [4.69, 9.17) is 0 Å². The zero-order valence-electron chi connectivity index (χ0n) is 16.3. The van der Waals surface area contributed by atoms with Gasteiger partial charge in [0.05, 0.1) is 11.0 Å². The van der Waals surface area contributed by atoms with E-state index in [0.29, 0.717) is 0 Å². The molecule has 28 heavy (non-hydrogen) atoms. The largest absolute Gasteiger partial charge is 0.350 e. The number of hydrogen-bond acceptors (Lipinski definition) is 3. The third-order valence-corrected chi connectivity index (χ3v) is 5.73. The molecule has 0 radical (unpaired) electrons. The maximum Gasteiger partial charge on any atom is 0.269 e. The molecule has 2 aromatic carbocycles. The van der Waals surface area contributed by atoms with Crippen LogP contribution in [0.5, 0.6) is 0 Å². The van der Waals surface area contributed by atoms with Crippen molar-refractivity contribution in [2.45, 2.75) is 39.4 Å². The second-order valence-electron chi connectivity index (χ2n) is 7.62. The molecule has 0 unspecified atom stereocenters. The molecular weight excluding hydrogens is 350 g/mol. The van der Waals surface area contributed by atoms with Crippen molar-refractivity contribution in [1.29, 1.82) is 0 Å². The van der Waals surface area contributed by atoms with Crippen LogP contribution in [0, 0.1) is 24.0 Å². The Hall–Kier alpha value is -2.92. The Labute approximate surface area is 165 Å². The van der Waals surface area contributed by atoms with Crippen LogP contribution in [0.15, 0.2) is 60.8 Å². The van der Waals surface area contributed by atoms with Crippen molar-refractivity contribution >= 4 is 5.69 Å². The van der Waals surface area contributed by atoms with E-state index in [9.17, 15) is 10.1 Å². The topological polar surface area (TPSA) is 51.3 Å². The van der Waals surface area contributed by atoms with Gasteiger partial charge < -0.3 is 4.57 Å². The number of nitro benzene ring substituents is 1. The van der Waals surface area contributed by atoms with E-state index in [0.717, 1.165) is 31.6 Å². The molecule has 1 aromatic heterocycles. The van der Waals surface area contributed by atoms with Crippen LogP contribution in [-0.4, -0.2) is 20.9 Å². The number of nitrogens with zero attached hydrogens (tertiary/aromatic N) is 3. The first-order chi connectivity index (χ1) is 13.5. The summed E-state index contributed by atoms with van der Waals surface area (Å²) in [5.74, 6) is 0. The highest BCUT2D eigenvalue weighted by Crippen LogP contribution is 2.34. The van der Waals surface area contributed by atoms with Gasteiger partial charge in [0.25, 0.3) is 5.69 Å². The predicted octanol–water partition coefficient (Wildman–Crippen LogP) is 5.01. The van der Waals surface area contributed by atoms with Crippen molar-refractivity contribution < 1.29 is 4.92 Å². The zero-order valence-corrected chi connectivity index (χ0v) is 16.3.